The normalized spacial score (nSPS) is 10.5. The standard InChI is InChI=1S/C22H17N3O3S/c1-23-20(26)15-9-11-16(12-10-15)24-21(27)19-18(14-6-3-2-4-7-14)25-22(29-19)17-8-5-13-28-17/h2-13H,1H3,(H,23,26)(H,24,27). The maximum atomic E-state index is 13.0. The fourth-order valence-electron chi connectivity index (χ4n) is 2.81. The van der Waals surface area contributed by atoms with Crippen LogP contribution in [0.5, 0.6) is 0 Å². The van der Waals surface area contributed by atoms with Crippen LogP contribution in [-0.4, -0.2) is 23.8 Å². The minimum atomic E-state index is -0.271. The van der Waals surface area contributed by atoms with Crippen molar-refractivity contribution < 1.29 is 14.0 Å². The van der Waals surface area contributed by atoms with Gasteiger partial charge in [-0.2, -0.15) is 0 Å². The Balaban J connectivity index is 1.66. The Labute approximate surface area is 171 Å². The molecule has 6 nitrogen and oxygen atoms in total. The van der Waals surface area contributed by atoms with Gasteiger partial charge < -0.3 is 15.1 Å². The van der Waals surface area contributed by atoms with Gasteiger partial charge in [-0.05, 0) is 36.4 Å². The third-order valence-electron chi connectivity index (χ3n) is 4.24. The van der Waals surface area contributed by atoms with Crippen LogP contribution < -0.4 is 10.6 Å². The summed E-state index contributed by atoms with van der Waals surface area (Å²) < 4.78 is 5.45. The van der Waals surface area contributed by atoms with Crippen LogP contribution in [0.3, 0.4) is 0 Å². The van der Waals surface area contributed by atoms with Crippen molar-refractivity contribution in [1.82, 2.24) is 10.3 Å². The van der Waals surface area contributed by atoms with Gasteiger partial charge in [-0.1, -0.05) is 30.3 Å². The minimum Gasteiger partial charge on any atom is -0.462 e. The molecule has 2 amide bonds. The Morgan fingerprint density at radius 3 is 2.34 bits per heavy atom. The lowest BCUT2D eigenvalue weighted by Crippen LogP contribution is -2.17. The highest BCUT2D eigenvalue weighted by atomic mass is 32.1. The minimum absolute atomic E-state index is 0.181. The van der Waals surface area contributed by atoms with Crippen LogP contribution >= 0.6 is 11.3 Å². The van der Waals surface area contributed by atoms with Gasteiger partial charge >= 0.3 is 0 Å². The van der Waals surface area contributed by atoms with Crippen LogP contribution in [0, 0.1) is 0 Å². The quantitative estimate of drug-likeness (QED) is 0.507. The van der Waals surface area contributed by atoms with Crippen LogP contribution in [-0.2, 0) is 0 Å². The molecule has 2 heterocycles. The lowest BCUT2D eigenvalue weighted by molar-refractivity contribution is 0.0962. The molecule has 0 radical (unpaired) electrons. The summed E-state index contributed by atoms with van der Waals surface area (Å²) in [4.78, 5) is 29.8. The number of nitrogens with one attached hydrogen (secondary N) is 2. The average Bonchev–Trinajstić information content (AvgIpc) is 3.44. The van der Waals surface area contributed by atoms with Crippen molar-refractivity contribution in [3.8, 4) is 22.0 Å². The maximum absolute atomic E-state index is 13.0. The van der Waals surface area contributed by atoms with Gasteiger partial charge in [0.2, 0.25) is 0 Å². The van der Waals surface area contributed by atoms with Crippen LogP contribution in [0.2, 0.25) is 0 Å². The lowest BCUT2D eigenvalue weighted by atomic mass is 10.1. The molecule has 0 aliphatic rings. The molecule has 2 aromatic carbocycles. The van der Waals surface area contributed by atoms with Gasteiger partial charge in [0.05, 0.1) is 12.0 Å². The van der Waals surface area contributed by atoms with Gasteiger partial charge in [0.1, 0.15) is 4.88 Å². The molecule has 0 aliphatic heterocycles. The van der Waals surface area contributed by atoms with Crippen LogP contribution in [0.15, 0.2) is 77.4 Å². The summed E-state index contributed by atoms with van der Waals surface area (Å²) >= 11 is 1.27. The highest BCUT2D eigenvalue weighted by Crippen LogP contribution is 2.34. The zero-order valence-electron chi connectivity index (χ0n) is 15.5. The van der Waals surface area contributed by atoms with Crippen molar-refractivity contribution in [2.45, 2.75) is 0 Å². The molecule has 0 saturated heterocycles. The molecule has 0 aliphatic carbocycles. The molecule has 0 spiro atoms. The Bertz CT molecular complexity index is 1130. The number of hydrogen-bond donors (Lipinski definition) is 2. The number of amides is 2. The summed E-state index contributed by atoms with van der Waals surface area (Å²) in [5, 5.41) is 6.08. The van der Waals surface area contributed by atoms with Gasteiger partial charge in [0.15, 0.2) is 10.8 Å². The molecule has 29 heavy (non-hydrogen) atoms. The Hall–Kier alpha value is -3.71. The average molecular weight is 403 g/mol. The largest absolute Gasteiger partial charge is 0.462 e. The van der Waals surface area contributed by atoms with E-state index >= 15 is 0 Å². The molecule has 0 unspecified atom stereocenters. The van der Waals surface area contributed by atoms with Crippen LogP contribution in [0.25, 0.3) is 22.0 Å². The Morgan fingerprint density at radius 2 is 1.69 bits per heavy atom. The van der Waals surface area contributed by atoms with E-state index in [1.54, 1.807) is 43.6 Å². The van der Waals surface area contributed by atoms with Crippen molar-refractivity contribution >= 4 is 28.8 Å². The number of anilines is 1. The highest BCUT2D eigenvalue weighted by molar-refractivity contribution is 7.17. The summed E-state index contributed by atoms with van der Waals surface area (Å²) in [7, 11) is 1.57. The number of benzene rings is 2. The molecule has 7 heteroatoms. The van der Waals surface area contributed by atoms with Gasteiger partial charge in [-0.15, -0.1) is 11.3 Å². The molecule has 4 rings (SSSR count). The second kappa shape index (κ2) is 8.12. The predicted molar refractivity (Wildman–Crippen MR) is 113 cm³/mol. The summed E-state index contributed by atoms with van der Waals surface area (Å²) in [6.45, 7) is 0. The second-order valence-electron chi connectivity index (χ2n) is 6.15. The molecule has 144 valence electrons. The number of aromatic nitrogens is 1. The summed E-state index contributed by atoms with van der Waals surface area (Å²) in [6, 6.07) is 19.8. The monoisotopic (exact) mass is 403 g/mol. The Morgan fingerprint density at radius 1 is 0.931 bits per heavy atom. The fraction of sp³-hybridized carbons (Fsp3) is 0.0455. The number of carbonyl (C=O) groups excluding carboxylic acids is 2. The Kier molecular flexibility index (Phi) is 5.22. The van der Waals surface area contributed by atoms with E-state index in [2.05, 4.69) is 15.6 Å². The highest BCUT2D eigenvalue weighted by Gasteiger charge is 2.21. The molecular weight excluding hydrogens is 386 g/mol. The van der Waals surface area contributed by atoms with Crippen LogP contribution in [0.1, 0.15) is 20.0 Å². The molecule has 0 bridgehead atoms. The van der Waals surface area contributed by atoms with E-state index in [0.29, 0.717) is 32.6 Å². The SMILES string of the molecule is CNC(=O)c1ccc(NC(=O)c2sc(-c3ccco3)nc2-c2ccccc2)cc1. The van der Waals surface area contributed by atoms with Crippen molar-refractivity contribution in [1.29, 1.82) is 0 Å². The molecular formula is C22H17N3O3S. The first-order valence-electron chi connectivity index (χ1n) is 8.89. The van der Waals surface area contributed by atoms with E-state index < -0.39 is 0 Å². The summed E-state index contributed by atoms with van der Waals surface area (Å²) in [6.07, 6.45) is 1.58. The zero-order chi connectivity index (χ0) is 20.2. The zero-order valence-corrected chi connectivity index (χ0v) is 16.3. The molecule has 2 N–H and O–H groups in total. The number of rotatable bonds is 5. The van der Waals surface area contributed by atoms with E-state index in [1.165, 1.54) is 11.3 Å². The maximum Gasteiger partial charge on any atom is 0.268 e. The number of carbonyl (C=O) groups is 2. The van der Waals surface area contributed by atoms with E-state index in [4.69, 9.17) is 4.42 Å². The van der Waals surface area contributed by atoms with Gasteiger partial charge in [-0.3, -0.25) is 9.59 Å². The van der Waals surface area contributed by atoms with Gasteiger partial charge in [0.25, 0.3) is 11.8 Å². The molecule has 2 aromatic heterocycles. The van der Waals surface area contributed by atoms with Gasteiger partial charge in [-0.25, -0.2) is 4.98 Å². The van der Waals surface area contributed by atoms with E-state index in [0.717, 1.165) is 5.56 Å². The molecule has 0 fully saturated rings. The van der Waals surface area contributed by atoms with Crippen molar-refractivity contribution in [3.63, 3.8) is 0 Å². The van der Waals surface area contributed by atoms with E-state index in [9.17, 15) is 9.59 Å². The first-order valence-corrected chi connectivity index (χ1v) is 9.71. The van der Waals surface area contributed by atoms with Crippen molar-refractivity contribution in [3.05, 3.63) is 83.4 Å². The summed E-state index contributed by atoms with van der Waals surface area (Å²) in [5.74, 6) is 0.160. The fourth-order valence-corrected chi connectivity index (χ4v) is 3.76. The third-order valence-corrected chi connectivity index (χ3v) is 5.31. The number of hydrogen-bond acceptors (Lipinski definition) is 5. The number of furan rings is 1. The third kappa shape index (κ3) is 3.95. The first-order chi connectivity index (χ1) is 14.2. The van der Waals surface area contributed by atoms with E-state index in [1.807, 2.05) is 36.4 Å². The second-order valence-corrected chi connectivity index (χ2v) is 7.15. The van der Waals surface area contributed by atoms with Crippen molar-refractivity contribution in [2.75, 3.05) is 12.4 Å². The molecule has 4 aromatic rings. The molecule has 0 saturated carbocycles. The number of thiazole rings is 1. The topological polar surface area (TPSA) is 84.2 Å². The van der Waals surface area contributed by atoms with E-state index in [-0.39, 0.29) is 11.8 Å². The predicted octanol–water partition coefficient (Wildman–Crippen LogP) is 4.68. The van der Waals surface area contributed by atoms with Crippen molar-refractivity contribution in [2.24, 2.45) is 0 Å². The number of nitrogens with zero attached hydrogens (tertiary/aromatic N) is 1. The summed E-state index contributed by atoms with van der Waals surface area (Å²) in [5.41, 5.74) is 2.56. The lowest BCUT2D eigenvalue weighted by Gasteiger charge is -2.06. The van der Waals surface area contributed by atoms with Gasteiger partial charge in [0, 0.05) is 23.9 Å². The van der Waals surface area contributed by atoms with Crippen LogP contribution in [0.4, 0.5) is 5.69 Å². The first kappa shape index (κ1) is 18.6. The molecule has 0 atom stereocenters. The smallest absolute Gasteiger partial charge is 0.268 e.